The Labute approximate surface area is 157 Å². The molecule has 2 heterocycles. The maximum Gasteiger partial charge on any atom is 0.232 e. The highest BCUT2D eigenvalue weighted by atomic mass is 16.5. The van der Waals surface area contributed by atoms with Gasteiger partial charge in [-0.1, -0.05) is 36.9 Å². The summed E-state index contributed by atoms with van der Waals surface area (Å²) in [7, 11) is 0. The maximum atomic E-state index is 12.5. The SMILES string of the molecule is C=Cc1ccc(COc2ccc3c(c2)O/C(=C/c2ccc(C)o2)C3=O)cc1. The monoisotopic (exact) mass is 358 g/mol. The van der Waals surface area contributed by atoms with Crippen LogP contribution in [0.2, 0.25) is 0 Å². The van der Waals surface area contributed by atoms with Gasteiger partial charge in [0.15, 0.2) is 5.76 Å². The molecule has 4 heteroatoms. The van der Waals surface area contributed by atoms with Crippen LogP contribution in [0.5, 0.6) is 11.5 Å². The number of hydrogen-bond donors (Lipinski definition) is 0. The highest BCUT2D eigenvalue weighted by Crippen LogP contribution is 2.35. The molecule has 27 heavy (non-hydrogen) atoms. The van der Waals surface area contributed by atoms with Crippen molar-refractivity contribution in [1.82, 2.24) is 0 Å². The molecule has 0 saturated carbocycles. The Morgan fingerprint density at radius 3 is 2.59 bits per heavy atom. The Balaban J connectivity index is 1.48. The molecular weight excluding hydrogens is 340 g/mol. The molecule has 4 nitrogen and oxygen atoms in total. The first kappa shape index (κ1) is 16.9. The summed E-state index contributed by atoms with van der Waals surface area (Å²) in [6, 6.07) is 16.8. The van der Waals surface area contributed by atoms with Gasteiger partial charge >= 0.3 is 0 Å². The second-order valence-electron chi connectivity index (χ2n) is 6.28. The van der Waals surface area contributed by atoms with E-state index in [1.165, 1.54) is 0 Å². The van der Waals surface area contributed by atoms with Gasteiger partial charge in [-0.25, -0.2) is 0 Å². The fraction of sp³-hybridized carbons (Fsp3) is 0.0870. The average Bonchev–Trinajstić information content (AvgIpc) is 3.23. The summed E-state index contributed by atoms with van der Waals surface area (Å²) in [6.07, 6.45) is 3.41. The molecule has 0 unspecified atom stereocenters. The minimum Gasteiger partial charge on any atom is -0.489 e. The molecule has 0 aliphatic carbocycles. The third-order valence-corrected chi connectivity index (χ3v) is 4.30. The Bertz CT molecular complexity index is 1040. The van der Waals surface area contributed by atoms with Crippen molar-refractivity contribution in [3.8, 4) is 11.5 Å². The van der Waals surface area contributed by atoms with Crippen molar-refractivity contribution < 1.29 is 18.7 Å². The van der Waals surface area contributed by atoms with Gasteiger partial charge in [-0.15, -0.1) is 0 Å². The van der Waals surface area contributed by atoms with Gasteiger partial charge < -0.3 is 13.9 Å². The van der Waals surface area contributed by atoms with Crippen LogP contribution in [0.15, 0.2) is 71.4 Å². The Morgan fingerprint density at radius 2 is 1.89 bits per heavy atom. The summed E-state index contributed by atoms with van der Waals surface area (Å²) >= 11 is 0. The summed E-state index contributed by atoms with van der Waals surface area (Å²) in [5.74, 6) is 2.59. The number of carbonyl (C=O) groups is 1. The Kier molecular flexibility index (Phi) is 4.38. The molecule has 4 rings (SSSR count). The first-order valence-electron chi connectivity index (χ1n) is 8.61. The van der Waals surface area contributed by atoms with Crippen molar-refractivity contribution >= 4 is 17.9 Å². The van der Waals surface area contributed by atoms with Crippen LogP contribution < -0.4 is 9.47 Å². The number of furan rings is 1. The summed E-state index contributed by atoms with van der Waals surface area (Å²) < 4.78 is 17.0. The summed E-state index contributed by atoms with van der Waals surface area (Å²) in [5, 5.41) is 0. The van der Waals surface area contributed by atoms with Crippen LogP contribution in [-0.2, 0) is 6.61 Å². The number of Topliss-reactive ketones (excluding diaryl/α,β-unsaturated/α-hetero) is 1. The number of hydrogen-bond acceptors (Lipinski definition) is 4. The highest BCUT2D eigenvalue weighted by Gasteiger charge is 2.28. The van der Waals surface area contributed by atoms with E-state index in [2.05, 4.69) is 6.58 Å². The van der Waals surface area contributed by atoms with E-state index in [9.17, 15) is 4.79 Å². The third kappa shape index (κ3) is 3.55. The zero-order valence-corrected chi connectivity index (χ0v) is 14.9. The molecule has 1 aromatic heterocycles. The molecule has 0 spiro atoms. The number of ether oxygens (including phenoxy) is 2. The molecule has 0 radical (unpaired) electrons. The van der Waals surface area contributed by atoms with E-state index in [0.29, 0.717) is 29.4 Å². The molecule has 0 fully saturated rings. The number of rotatable bonds is 5. The van der Waals surface area contributed by atoms with Crippen molar-refractivity contribution in [2.75, 3.05) is 0 Å². The Morgan fingerprint density at radius 1 is 1.07 bits per heavy atom. The van der Waals surface area contributed by atoms with E-state index in [1.54, 1.807) is 36.4 Å². The van der Waals surface area contributed by atoms with Crippen molar-refractivity contribution in [2.24, 2.45) is 0 Å². The first-order valence-corrected chi connectivity index (χ1v) is 8.61. The standard InChI is InChI=1S/C23H18O4/c1-3-16-5-7-17(8-6-16)14-25-18-10-11-20-21(12-18)27-22(23(20)24)13-19-9-4-15(2)26-19/h3-13H,1,14H2,2H3/b22-13+. The van der Waals surface area contributed by atoms with Crippen LogP contribution in [-0.4, -0.2) is 5.78 Å². The van der Waals surface area contributed by atoms with E-state index < -0.39 is 0 Å². The molecule has 2 aromatic carbocycles. The van der Waals surface area contributed by atoms with Crippen LogP contribution in [0, 0.1) is 6.92 Å². The minimum absolute atomic E-state index is 0.161. The van der Waals surface area contributed by atoms with Crippen LogP contribution >= 0.6 is 0 Å². The second-order valence-corrected chi connectivity index (χ2v) is 6.28. The summed E-state index contributed by atoms with van der Waals surface area (Å²) in [5.41, 5.74) is 2.63. The van der Waals surface area contributed by atoms with Gasteiger partial charge in [0.1, 0.15) is 29.6 Å². The quantitative estimate of drug-likeness (QED) is 0.571. The normalized spacial score (nSPS) is 14.1. The number of aryl methyl sites for hydroxylation is 1. The smallest absolute Gasteiger partial charge is 0.232 e. The third-order valence-electron chi connectivity index (χ3n) is 4.30. The second kappa shape index (κ2) is 7.00. The topological polar surface area (TPSA) is 48.7 Å². The molecule has 1 aliphatic rings. The zero-order valence-electron chi connectivity index (χ0n) is 14.9. The summed E-state index contributed by atoms with van der Waals surface area (Å²) in [6.45, 7) is 6.02. The maximum absolute atomic E-state index is 12.5. The van der Waals surface area contributed by atoms with Gasteiger partial charge in [0.05, 0.1) is 5.56 Å². The van der Waals surface area contributed by atoms with Crippen molar-refractivity contribution in [3.63, 3.8) is 0 Å². The molecule has 0 saturated heterocycles. The molecule has 0 bridgehead atoms. The van der Waals surface area contributed by atoms with Gasteiger partial charge in [-0.2, -0.15) is 0 Å². The van der Waals surface area contributed by atoms with Crippen LogP contribution in [0.3, 0.4) is 0 Å². The average molecular weight is 358 g/mol. The Hall–Kier alpha value is -3.53. The zero-order chi connectivity index (χ0) is 18.8. The van der Waals surface area contributed by atoms with E-state index in [1.807, 2.05) is 37.3 Å². The first-order chi connectivity index (χ1) is 13.1. The van der Waals surface area contributed by atoms with Gasteiger partial charge in [-0.3, -0.25) is 4.79 Å². The lowest BCUT2D eigenvalue weighted by Crippen LogP contribution is -1.97. The molecule has 0 N–H and O–H groups in total. The molecule has 134 valence electrons. The number of benzene rings is 2. The van der Waals surface area contributed by atoms with Crippen molar-refractivity contribution in [3.05, 3.63) is 95.1 Å². The van der Waals surface area contributed by atoms with Gasteiger partial charge in [0.2, 0.25) is 5.78 Å². The van der Waals surface area contributed by atoms with Crippen molar-refractivity contribution in [2.45, 2.75) is 13.5 Å². The lowest BCUT2D eigenvalue weighted by molar-refractivity contribution is 0.101. The predicted octanol–water partition coefficient (Wildman–Crippen LogP) is 5.43. The molecule has 0 atom stereocenters. The highest BCUT2D eigenvalue weighted by molar-refractivity contribution is 6.14. The fourth-order valence-electron chi connectivity index (χ4n) is 2.83. The largest absolute Gasteiger partial charge is 0.489 e. The predicted molar refractivity (Wildman–Crippen MR) is 104 cm³/mol. The molecule has 1 aliphatic heterocycles. The van der Waals surface area contributed by atoms with Gasteiger partial charge in [0.25, 0.3) is 0 Å². The number of allylic oxidation sites excluding steroid dienone is 1. The minimum atomic E-state index is -0.161. The van der Waals surface area contributed by atoms with Gasteiger partial charge in [-0.05, 0) is 42.3 Å². The number of fused-ring (bicyclic) bond motifs is 1. The van der Waals surface area contributed by atoms with E-state index in [0.717, 1.165) is 16.9 Å². The van der Waals surface area contributed by atoms with E-state index in [-0.39, 0.29) is 11.5 Å². The molecule has 3 aromatic rings. The molecule has 0 amide bonds. The summed E-state index contributed by atoms with van der Waals surface area (Å²) in [4.78, 5) is 12.5. The molecular formula is C23H18O4. The van der Waals surface area contributed by atoms with E-state index in [4.69, 9.17) is 13.9 Å². The lowest BCUT2D eigenvalue weighted by Gasteiger charge is -2.07. The van der Waals surface area contributed by atoms with Crippen LogP contribution in [0.4, 0.5) is 0 Å². The van der Waals surface area contributed by atoms with Crippen molar-refractivity contribution in [1.29, 1.82) is 0 Å². The fourth-order valence-corrected chi connectivity index (χ4v) is 2.83. The van der Waals surface area contributed by atoms with E-state index >= 15 is 0 Å². The number of ketones is 1. The lowest BCUT2D eigenvalue weighted by atomic mass is 10.1. The van der Waals surface area contributed by atoms with Gasteiger partial charge in [0, 0.05) is 12.1 Å². The van der Waals surface area contributed by atoms with Crippen LogP contribution in [0.1, 0.15) is 33.0 Å². The number of carbonyl (C=O) groups excluding carboxylic acids is 1. The van der Waals surface area contributed by atoms with Crippen LogP contribution in [0.25, 0.3) is 12.2 Å².